The number of hydrogen-bond donors (Lipinski definition) is 1. The molecule has 0 unspecified atom stereocenters. The molecule has 0 atom stereocenters. The molecule has 0 saturated carbocycles. The Hall–Kier alpha value is -4.13. The molecule has 3 aromatic carbocycles. The minimum absolute atomic E-state index is 0.112. The monoisotopic (exact) mass is 458 g/mol. The number of ether oxygens (including phenoxy) is 2. The van der Waals surface area contributed by atoms with E-state index >= 15 is 0 Å². The second-order valence-corrected chi connectivity index (χ2v) is 8.43. The Morgan fingerprint density at radius 1 is 0.853 bits per heavy atom. The van der Waals surface area contributed by atoms with E-state index in [0.717, 1.165) is 10.5 Å². The minimum Gasteiger partial charge on any atom is -0.486 e. The number of hydrogen-bond acceptors (Lipinski definition) is 5. The van der Waals surface area contributed by atoms with Crippen LogP contribution in [0.25, 0.3) is 5.57 Å². The van der Waals surface area contributed by atoms with Crippen molar-refractivity contribution in [2.24, 2.45) is 0 Å². The fourth-order valence-electron chi connectivity index (χ4n) is 4.04. The SMILES string of the molecule is CC(C)c1ccc(N2C(=O)C(Nc3ccc4c(c3)OCCO4)=C(c3ccc(F)cc3)C2=O)cc1. The number of halogens is 1. The highest BCUT2D eigenvalue weighted by molar-refractivity contribution is 6.46. The van der Waals surface area contributed by atoms with Gasteiger partial charge in [0.1, 0.15) is 24.7 Å². The summed E-state index contributed by atoms with van der Waals surface area (Å²) in [5.74, 6) is 0.0942. The molecular weight excluding hydrogens is 435 g/mol. The molecule has 3 aromatic rings. The van der Waals surface area contributed by atoms with Gasteiger partial charge < -0.3 is 14.8 Å². The average Bonchev–Trinajstić information content (AvgIpc) is 3.08. The summed E-state index contributed by atoms with van der Waals surface area (Å²) in [5, 5.41) is 3.10. The first kappa shape index (κ1) is 21.7. The van der Waals surface area contributed by atoms with Crippen molar-refractivity contribution in [3.8, 4) is 11.5 Å². The number of amides is 2. The Kier molecular flexibility index (Phi) is 5.53. The molecule has 0 bridgehead atoms. The summed E-state index contributed by atoms with van der Waals surface area (Å²) in [6, 6.07) is 18.1. The van der Waals surface area contributed by atoms with Gasteiger partial charge in [-0.05, 0) is 53.4 Å². The lowest BCUT2D eigenvalue weighted by Crippen LogP contribution is -2.32. The molecule has 172 valence electrons. The Labute approximate surface area is 196 Å². The van der Waals surface area contributed by atoms with E-state index < -0.39 is 17.6 Å². The molecule has 0 radical (unpaired) electrons. The van der Waals surface area contributed by atoms with Crippen LogP contribution in [0.5, 0.6) is 11.5 Å². The van der Waals surface area contributed by atoms with E-state index in [0.29, 0.717) is 47.6 Å². The summed E-state index contributed by atoms with van der Waals surface area (Å²) in [6.45, 7) is 5.05. The summed E-state index contributed by atoms with van der Waals surface area (Å²) in [7, 11) is 0. The van der Waals surface area contributed by atoms with Gasteiger partial charge >= 0.3 is 0 Å². The van der Waals surface area contributed by atoms with Gasteiger partial charge in [-0.2, -0.15) is 0 Å². The van der Waals surface area contributed by atoms with Crippen molar-refractivity contribution in [3.63, 3.8) is 0 Å². The van der Waals surface area contributed by atoms with Crippen LogP contribution in [-0.2, 0) is 9.59 Å². The summed E-state index contributed by atoms with van der Waals surface area (Å²) in [5.41, 5.74) is 2.87. The Morgan fingerprint density at radius 2 is 1.53 bits per heavy atom. The molecule has 6 nitrogen and oxygen atoms in total. The quantitative estimate of drug-likeness (QED) is 0.538. The second kappa shape index (κ2) is 8.67. The van der Waals surface area contributed by atoms with Crippen molar-refractivity contribution in [2.45, 2.75) is 19.8 Å². The zero-order valence-electron chi connectivity index (χ0n) is 18.8. The fourth-order valence-corrected chi connectivity index (χ4v) is 4.04. The molecule has 34 heavy (non-hydrogen) atoms. The third kappa shape index (κ3) is 3.90. The number of nitrogens with zero attached hydrogens (tertiary/aromatic N) is 1. The van der Waals surface area contributed by atoms with Crippen LogP contribution in [0.3, 0.4) is 0 Å². The summed E-state index contributed by atoms with van der Waals surface area (Å²) in [6.07, 6.45) is 0. The van der Waals surface area contributed by atoms with E-state index in [1.54, 1.807) is 30.3 Å². The van der Waals surface area contributed by atoms with Gasteiger partial charge in [-0.3, -0.25) is 9.59 Å². The van der Waals surface area contributed by atoms with Gasteiger partial charge in [-0.15, -0.1) is 0 Å². The van der Waals surface area contributed by atoms with Crippen LogP contribution in [0, 0.1) is 5.82 Å². The van der Waals surface area contributed by atoms with Crippen molar-refractivity contribution >= 4 is 28.8 Å². The number of carbonyl (C=O) groups is 2. The molecule has 0 aromatic heterocycles. The maximum atomic E-state index is 13.6. The van der Waals surface area contributed by atoms with Gasteiger partial charge in [0.2, 0.25) is 0 Å². The topological polar surface area (TPSA) is 67.9 Å². The van der Waals surface area contributed by atoms with E-state index in [1.165, 1.54) is 24.3 Å². The zero-order chi connectivity index (χ0) is 23.8. The predicted molar refractivity (Wildman–Crippen MR) is 127 cm³/mol. The molecule has 0 aliphatic carbocycles. The first-order valence-electron chi connectivity index (χ1n) is 11.1. The van der Waals surface area contributed by atoms with Crippen LogP contribution >= 0.6 is 0 Å². The highest BCUT2D eigenvalue weighted by Gasteiger charge is 2.40. The molecule has 0 spiro atoms. The van der Waals surface area contributed by atoms with Crippen LogP contribution in [-0.4, -0.2) is 25.0 Å². The number of rotatable bonds is 5. The minimum atomic E-state index is -0.489. The Morgan fingerprint density at radius 3 is 2.21 bits per heavy atom. The average molecular weight is 458 g/mol. The standard InChI is InChI=1S/C27H23FN2O4/c1-16(2)17-5-10-21(11-6-17)30-26(31)24(18-3-7-19(28)8-4-18)25(27(30)32)29-20-9-12-22-23(15-20)34-14-13-33-22/h3-12,15-16,29H,13-14H2,1-2H3. The van der Waals surface area contributed by atoms with Crippen molar-refractivity contribution in [2.75, 3.05) is 23.4 Å². The number of fused-ring (bicyclic) bond motifs is 1. The third-order valence-corrected chi connectivity index (χ3v) is 5.85. The van der Waals surface area contributed by atoms with Crippen LogP contribution in [0.4, 0.5) is 15.8 Å². The van der Waals surface area contributed by atoms with Crippen molar-refractivity contribution in [1.82, 2.24) is 0 Å². The molecule has 7 heteroatoms. The largest absolute Gasteiger partial charge is 0.486 e. The van der Waals surface area contributed by atoms with Crippen LogP contribution in [0.2, 0.25) is 0 Å². The summed E-state index contributed by atoms with van der Waals surface area (Å²) >= 11 is 0. The van der Waals surface area contributed by atoms with Gasteiger partial charge in [-0.25, -0.2) is 9.29 Å². The van der Waals surface area contributed by atoms with E-state index in [-0.39, 0.29) is 11.3 Å². The Balaban J connectivity index is 1.55. The van der Waals surface area contributed by atoms with Crippen molar-refractivity contribution < 1.29 is 23.5 Å². The van der Waals surface area contributed by atoms with E-state index in [4.69, 9.17) is 9.47 Å². The normalized spacial score (nSPS) is 15.4. The second-order valence-electron chi connectivity index (χ2n) is 8.43. The number of nitrogens with one attached hydrogen (secondary N) is 1. The highest BCUT2D eigenvalue weighted by Crippen LogP contribution is 2.37. The first-order chi connectivity index (χ1) is 16.4. The zero-order valence-corrected chi connectivity index (χ0v) is 18.8. The van der Waals surface area contributed by atoms with E-state index in [1.807, 2.05) is 12.1 Å². The van der Waals surface area contributed by atoms with E-state index in [9.17, 15) is 14.0 Å². The molecule has 2 amide bonds. The molecule has 2 heterocycles. The summed E-state index contributed by atoms with van der Waals surface area (Å²) in [4.78, 5) is 28.2. The first-order valence-corrected chi connectivity index (χ1v) is 11.1. The van der Waals surface area contributed by atoms with Gasteiger partial charge in [0.15, 0.2) is 11.5 Å². The van der Waals surface area contributed by atoms with Gasteiger partial charge in [-0.1, -0.05) is 38.1 Å². The summed E-state index contributed by atoms with van der Waals surface area (Å²) < 4.78 is 24.8. The molecule has 0 fully saturated rings. The van der Waals surface area contributed by atoms with Crippen LogP contribution < -0.4 is 19.7 Å². The highest BCUT2D eigenvalue weighted by atomic mass is 19.1. The fraction of sp³-hybridized carbons (Fsp3) is 0.185. The van der Waals surface area contributed by atoms with Crippen molar-refractivity contribution in [3.05, 3.63) is 89.4 Å². The van der Waals surface area contributed by atoms with Gasteiger partial charge in [0.25, 0.3) is 11.8 Å². The number of benzene rings is 3. The number of carbonyl (C=O) groups excluding carboxylic acids is 2. The molecule has 0 saturated heterocycles. The van der Waals surface area contributed by atoms with Crippen LogP contribution in [0.15, 0.2) is 72.4 Å². The lowest BCUT2D eigenvalue weighted by molar-refractivity contribution is -0.120. The van der Waals surface area contributed by atoms with Gasteiger partial charge in [0, 0.05) is 11.8 Å². The van der Waals surface area contributed by atoms with E-state index in [2.05, 4.69) is 19.2 Å². The molecule has 2 aliphatic heterocycles. The number of anilines is 2. The van der Waals surface area contributed by atoms with Crippen molar-refractivity contribution in [1.29, 1.82) is 0 Å². The third-order valence-electron chi connectivity index (χ3n) is 5.85. The molecule has 1 N–H and O–H groups in total. The molecular formula is C27H23FN2O4. The van der Waals surface area contributed by atoms with Gasteiger partial charge in [0.05, 0.1) is 11.3 Å². The predicted octanol–water partition coefficient (Wildman–Crippen LogP) is 5.12. The van der Waals surface area contributed by atoms with Crippen LogP contribution in [0.1, 0.15) is 30.9 Å². The lowest BCUT2D eigenvalue weighted by atomic mass is 10.0. The number of imide groups is 1. The molecule has 2 aliphatic rings. The smallest absolute Gasteiger partial charge is 0.282 e. The maximum Gasteiger partial charge on any atom is 0.282 e. The Bertz CT molecular complexity index is 1300. The maximum absolute atomic E-state index is 13.6. The lowest BCUT2D eigenvalue weighted by Gasteiger charge is -2.19. The molecule has 5 rings (SSSR count).